The lowest BCUT2D eigenvalue weighted by atomic mass is 9.96. The Balaban J connectivity index is 1.62. The van der Waals surface area contributed by atoms with Gasteiger partial charge in [-0.1, -0.05) is 18.2 Å². The first-order valence-corrected chi connectivity index (χ1v) is 11.6. The lowest BCUT2D eigenvalue weighted by molar-refractivity contribution is 0.310. The molecule has 2 unspecified atom stereocenters. The molecule has 0 aliphatic carbocycles. The Kier molecular flexibility index (Phi) is 5.68. The summed E-state index contributed by atoms with van der Waals surface area (Å²) in [5, 5.41) is 4.31. The van der Waals surface area contributed by atoms with Crippen molar-refractivity contribution >= 4 is 17.3 Å². The molecule has 0 spiro atoms. The van der Waals surface area contributed by atoms with Crippen LogP contribution in [0.1, 0.15) is 45.9 Å². The average Bonchev–Trinajstić information content (AvgIpc) is 3.30. The highest BCUT2D eigenvalue weighted by molar-refractivity contribution is 7.80. The molecule has 1 saturated heterocycles. The topological polar surface area (TPSA) is 46.0 Å². The number of rotatable bonds is 5. The number of benzene rings is 1. The number of nitrogens with zero attached hydrogens (tertiary/aromatic N) is 4. The van der Waals surface area contributed by atoms with Crippen LogP contribution >= 0.6 is 12.2 Å². The SMILES string of the molecule is Cc1cccc(-n2c(C)cc(C3C(c4ccccn4)NC(=S)N3Cc3ccncc3)c2C)c1. The zero-order valence-corrected chi connectivity index (χ0v) is 19.9. The Morgan fingerprint density at radius 2 is 1.76 bits per heavy atom. The monoisotopic (exact) mass is 453 g/mol. The van der Waals surface area contributed by atoms with Crippen molar-refractivity contribution in [2.45, 2.75) is 39.4 Å². The van der Waals surface area contributed by atoms with Crippen molar-refractivity contribution in [3.05, 3.63) is 113 Å². The first-order valence-electron chi connectivity index (χ1n) is 11.2. The van der Waals surface area contributed by atoms with Crippen molar-refractivity contribution in [2.24, 2.45) is 0 Å². The van der Waals surface area contributed by atoms with Crippen molar-refractivity contribution < 1.29 is 0 Å². The van der Waals surface area contributed by atoms with Gasteiger partial charge in [0, 0.05) is 42.2 Å². The summed E-state index contributed by atoms with van der Waals surface area (Å²) in [7, 11) is 0. The van der Waals surface area contributed by atoms with Crippen molar-refractivity contribution in [1.82, 2.24) is 24.8 Å². The second kappa shape index (κ2) is 8.79. The van der Waals surface area contributed by atoms with Crippen molar-refractivity contribution in [3.63, 3.8) is 0 Å². The molecule has 4 heterocycles. The number of thiocarbonyl (C=S) groups is 1. The first-order chi connectivity index (χ1) is 16.0. The van der Waals surface area contributed by atoms with E-state index in [1.807, 2.05) is 42.9 Å². The van der Waals surface area contributed by atoms with Gasteiger partial charge < -0.3 is 14.8 Å². The normalized spacial score (nSPS) is 17.9. The number of hydrogen-bond donors (Lipinski definition) is 1. The van der Waals surface area contributed by atoms with Gasteiger partial charge in [0.25, 0.3) is 0 Å². The lowest BCUT2D eigenvalue weighted by Gasteiger charge is -2.28. The Morgan fingerprint density at radius 1 is 0.939 bits per heavy atom. The zero-order chi connectivity index (χ0) is 22.9. The van der Waals surface area contributed by atoms with Gasteiger partial charge in [-0.15, -0.1) is 0 Å². The van der Waals surface area contributed by atoms with E-state index in [1.54, 1.807) is 0 Å². The predicted octanol–water partition coefficient (Wildman–Crippen LogP) is 5.37. The third-order valence-electron chi connectivity index (χ3n) is 6.35. The number of aromatic nitrogens is 3. The molecule has 5 nitrogen and oxygen atoms in total. The van der Waals surface area contributed by atoms with Gasteiger partial charge in [0.1, 0.15) is 0 Å². The molecule has 33 heavy (non-hydrogen) atoms. The van der Waals surface area contributed by atoms with Gasteiger partial charge >= 0.3 is 0 Å². The molecular formula is C27H27N5S. The van der Waals surface area contributed by atoms with Gasteiger partial charge in [-0.3, -0.25) is 9.97 Å². The molecule has 0 bridgehead atoms. The van der Waals surface area contributed by atoms with Crippen LogP contribution in [-0.2, 0) is 6.54 Å². The highest BCUT2D eigenvalue weighted by atomic mass is 32.1. The average molecular weight is 454 g/mol. The molecular weight excluding hydrogens is 426 g/mol. The zero-order valence-electron chi connectivity index (χ0n) is 19.1. The highest BCUT2D eigenvalue weighted by Crippen LogP contribution is 2.42. The van der Waals surface area contributed by atoms with E-state index in [2.05, 4.69) is 81.9 Å². The largest absolute Gasteiger partial charge is 0.352 e. The van der Waals surface area contributed by atoms with Crippen molar-refractivity contribution in [2.75, 3.05) is 0 Å². The van der Waals surface area contributed by atoms with Gasteiger partial charge in [0.2, 0.25) is 0 Å². The van der Waals surface area contributed by atoms with E-state index in [0.29, 0.717) is 6.54 Å². The predicted molar refractivity (Wildman–Crippen MR) is 135 cm³/mol. The van der Waals surface area contributed by atoms with Crippen molar-refractivity contribution in [3.8, 4) is 5.69 Å². The molecule has 1 N–H and O–H groups in total. The number of aryl methyl sites for hydroxylation is 2. The summed E-state index contributed by atoms with van der Waals surface area (Å²) in [5.74, 6) is 0. The third kappa shape index (κ3) is 4.02. The Hall–Kier alpha value is -3.51. The van der Waals surface area contributed by atoms with E-state index < -0.39 is 0 Å². The summed E-state index contributed by atoms with van der Waals surface area (Å²) < 4.78 is 2.34. The van der Waals surface area contributed by atoms with Gasteiger partial charge in [0.15, 0.2) is 5.11 Å². The summed E-state index contributed by atoms with van der Waals surface area (Å²) in [5.41, 5.74) is 8.27. The summed E-state index contributed by atoms with van der Waals surface area (Å²) in [4.78, 5) is 11.1. The number of hydrogen-bond acceptors (Lipinski definition) is 3. The summed E-state index contributed by atoms with van der Waals surface area (Å²) in [6, 6.07) is 21.1. The van der Waals surface area contributed by atoms with Crippen LogP contribution < -0.4 is 5.32 Å². The molecule has 0 amide bonds. The maximum absolute atomic E-state index is 5.85. The van der Waals surface area contributed by atoms with Crippen LogP contribution in [0.15, 0.2) is 79.3 Å². The third-order valence-corrected chi connectivity index (χ3v) is 6.70. The Morgan fingerprint density at radius 3 is 2.48 bits per heavy atom. The number of nitrogens with one attached hydrogen (secondary N) is 1. The fraction of sp³-hybridized carbons (Fsp3) is 0.222. The van der Waals surface area contributed by atoms with Crippen LogP contribution in [0.2, 0.25) is 0 Å². The van der Waals surface area contributed by atoms with E-state index in [4.69, 9.17) is 12.2 Å². The molecule has 0 saturated carbocycles. The van der Waals surface area contributed by atoms with Gasteiger partial charge in [0.05, 0.1) is 17.8 Å². The van der Waals surface area contributed by atoms with E-state index >= 15 is 0 Å². The summed E-state index contributed by atoms with van der Waals surface area (Å²) >= 11 is 5.85. The Bertz CT molecular complexity index is 1280. The molecule has 4 aromatic rings. The van der Waals surface area contributed by atoms with Crippen molar-refractivity contribution in [1.29, 1.82) is 0 Å². The van der Waals surface area contributed by atoms with Crippen LogP contribution in [0, 0.1) is 20.8 Å². The Labute approximate surface area is 200 Å². The van der Waals surface area contributed by atoms with E-state index in [0.717, 1.165) is 10.8 Å². The molecule has 1 aliphatic rings. The van der Waals surface area contributed by atoms with Crippen LogP contribution in [0.25, 0.3) is 5.69 Å². The summed E-state index contributed by atoms with van der Waals surface area (Å²) in [6.45, 7) is 7.20. The van der Waals surface area contributed by atoms with E-state index in [9.17, 15) is 0 Å². The van der Waals surface area contributed by atoms with E-state index in [-0.39, 0.29) is 12.1 Å². The molecule has 1 aromatic carbocycles. The van der Waals surface area contributed by atoms with E-state index in [1.165, 1.54) is 33.8 Å². The fourth-order valence-electron chi connectivity index (χ4n) is 4.85. The number of pyridine rings is 2. The first kappa shape index (κ1) is 21.3. The molecule has 1 fully saturated rings. The van der Waals surface area contributed by atoms with Crippen LogP contribution in [0.4, 0.5) is 0 Å². The molecule has 0 radical (unpaired) electrons. The summed E-state index contributed by atoms with van der Waals surface area (Å²) in [6.07, 6.45) is 5.51. The molecule has 3 aromatic heterocycles. The molecule has 2 atom stereocenters. The van der Waals surface area contributed by atoms with Gasteiger partial charge in [-0.05, 0) is 92.1 Å². The minimum atomic E-state index is -0.0352. The minimum absolute atomic E-state index is 0.0188. The highest BCUT2D eigenvalue weighted by Gasteiger charge is 2.41. The second-order valence-corrected chi connectivity index (χ2v) is 9.00. The van der Waals surface area contributed by atoms with Crippen LogP contribution in [0.5, 0.6) is 0 Å². The smallest absolute Gasteiger partial charge is 0.170 e. The molecule has 1 aliphatic heterocycles. The minimum Gasteiger partial charge on any atom is -0.352 e. The van der Waals surface area contributed by atoms with Crippen LogP contribution in [-0.4, -0.2) is 24.5 Å². The quantitative estimate of drug-likeness (QED) is 0.412. The van der Waals surface area contributed by atoms with Gasteiger partial charge in [-0.2, -0.15) is 0 Å². The molecule has 5 rings (SSSR count). The maximum Gasteiger partial charge on any atom is 0.170 e. The molecule has 6 heteroatoms. The molecule has 166 valence electrons. The lowest BCUT2D eigenvalue weighted by Crippen LogP contribution is -2.29. The van der Waals surface area contributed by atoms with Gasteiger partial charge in [-0.25, -0.2) is 0 Å². The van der Waals surface area contributed by atoms with Crippen LogP contribution in [0.3, 0.4) is 0 Å². The maximum atomic E-state index is 5.85. The standard InChI is InChI=1S/C27H27N5S/c1-18-7-6-8-22(15-18)32-19(2)16-23(20(32)3)26-25(24-9-4-5-12-29-24)30-27(33)31(26)17-21-10-13-28-14-11-21/h4-16,25-26H,17H2,1-3H3,(H,30,33). The second-order valence-electron chi connectivity index (χ2n) is 8.61. The fourth-order valence-corrected chi connectivity index (χ4v) is 5.16.